The third-order valence-corrected chi connectivity index (χ3v) is 7.20. The van der Waals surface area contributed by atoms with Gasteiger partial charge >= 0.3 is 12.2 Å². The molecule has 0 saturated carbocycles. The lowest BCUT2D eigenvalue weighted by Gasteiger charge is -2.42. The predicted molar refractivity (Wildman–Crippen MR) is 142 cm³/mol. The monoisotopic (exact) mass is 524 g/mol. The molecule has 196 valence electrons. The summed E-state index contributed by atoms with van der Waals surface area (Å²) in [6.45, 7) is 4.54. The van der Waals surface area contributed by atoms with Crippen LogP contribution in [0.5, 0.6) is 11.5 Å². The van der Waals surface area contributed by atoms with E-state index in [2.05, 4.69) is 0 Å². The van der Waals surface area contributed by atoms with Gasteiger partial charge in [-0.1, -0.05) is 36.4 Å². The van der Waals surface area contributed by atoms with Crippen LogP contribution in [0.1, 0.15) is 42.3 Å². The van der Waals surface area contributed by atoms with Crippen molar-refractivity contribution in [2.45, 2.75) is 45.5 Å². The molecule has 9 heteroatoms. The first-order valence-electron chi connectivity index (χ1n) is 12.2. The van der Waals surface area contributed by atoms with E-state index in [-0.39, 0.29) is 25.3 Å². The standard InChI is InChI=1S/C28H32N2O6S/c1-5-35-27(31)29(17-20-10-7-6-8-11-20)23-14-19(2)30(28(32)36-18-21-12-9-13-37-21)24-16-26(34-4)25(33-3)15-22(23)24/h6-13,15-16,19,23H,5,14,17-18H2,1-4H3/t19-,23+/m0/s1. The highest BCUT2D eigenvalue weighted by molar-refractivity contribution is 7.09. The third kappa shape index (κ3) is 5.83. The highest BCUT2D eigenvalue weighted by Gasteiger charge is 2.40. The van der Waals surface area contributed by atoms with E-state index in [1.165, 1.54) is 11.3 Å². The molecule has 8 nitrogen and oxygen atoms in total. The second-order valence-electron chi connectivity index (χ2n) is 8.68. The van der Waals surface area contributed by atoms with Crippen molar-refractivity contribution in [1.82, 2.24) is 4.90 Å². The molecule has 37 heavy (non-hydrogen) atoms. The van der Waals surface area contributed by atoms with Crippen molar-refractivity contribution >= 4 is 29.2 Å². The molecule has 0 N–H and O–H groups in total. The number of hydrogen-bond acceptors (Lipinski definition) is 7. The van der Waals surface area contributed by atoms with Crippen LogP contribution in [0.25, 0.3) is 0 Å². The number of hydrogen-bond donors (Lipinski definition) is 0. The fourth-order valence-electron chi connectivity index (χ4n) is 4.61. The number of carbonyl (C=O) groups excluding carboxylic acids is 2. The van der Waals surface area contributed by atoms with Gasteiger partial charge in [0.25, 0.3) is 0 Å². The van der Waals surface area contributed by atoms with Crippen LogP contribution in [0.3, 0.4) is 0 Å². The van der Waals surface area contributed by atoms with Crippen LogP contribution in [0.2, 0.25) is 0 Å². The molecule has 0 radical (unpaired) electrons. The predicted octanol–water partition coefficient (Wildman–Crippen LogP) is 6.40. The Morgan fingerprint density at radius 3 is 2.41 bits per heavy atom. The van der Waals surface area contributed by atoms with E-state index in [9.17, 15) is 9.59 Å². The minimum atomic E-state index is -0.460. The van der Waals surface area contributed by atoms with Crippen molar-refractivity contribution in [3.05, 3.63) is 76.0 Å². The van der Waals surface area contributed by atoms with Gasteiger partial charge in [-0.05, 0) is 43.3 Å². The van der Waals surface area contributed by atoms with Gasteiger partial charge in [0.2, 0.25) is 0 Å². The van der Waals surface area contributed by atoms with Crippen LogP contribution in [0.15, 0.2) is 60.0 Å². The highest BCUT2D eigenvalue weighted by atomic mass is 32.1. The number of methoxy groups -OCH3 is 2. The maximum Gasteiger partial charge on any atom is 0.414 e. The van der Waals surface area contributed by atoms with Crippen LogP contribution in [0.4, 0.5) is 15.3 Å². The summed E-state index contributed by atoms with van der Waals surface area (Å²) in [6, 6.07) is 16.6. The second-order valence-corrected chi connectivity index (χ2v) is 9.72. The van der Waals surface area contributed by atoms with E-state index in [1.807, 2.05) is 60.8 Å². The number of fused-ring (bicyclic) bond motifs is 1. The van der Waals surface area contributed by atoms with Crippen molar-refractivity contribution < 1.29 is 28.5 Å². The summed E-state index contributed by atoms with van der Waals surface area (Å²) in [5.41, 5.74) is 2.34. The van der Waals surface area contributed by atoms with Crippen molar-refractivity contribution in [3.63, 3.8) is 0 Å². The zero-order chi connectivity index (χ0) is 26.4. The lowest BCUT2D eigenvalue weighted by molar-refractivity contribution is 0.0807. The Morgan fingerprint density at radius 2 is 1.76 bits per heavy atom. The molecule has 1 aliphatic rings. The Kier molecular flexibility index (Phi) is 8.55. The Balaban J connectivity index is 1.75. The van der Waals surface area contributed by atoms with Gasteiger partial charge in [0.1, 0.15) is 6.61 Å². The van der Waals surface area contributed by atoms with Crippen molar-refractivity contribution in [1.29, 1.82) is 0 Å². The maximum absolute atomic E-state index is 13.4. The molecule has 2 aromatic carbocycles. The van der Waals surface area contributed by atoms with E-state index in [0.717, 1.165) is 16.0 Å². The van der Waals surface area contributed by atoms with E-state index < -0.39 is 12.2 Å². The summed E-state index contributed by atoms with van der Waals surface area (Å²) in [5.74, 6) is 0.993. The SMILES string of the molecule is CCOC(=O)N(Cc1ccccc1)[C@@H]1C[C@H](C)N(C(=O)OCc2cccs2)c2cc(OC)c(OC)cc21. The zero-order valence-corrected chi connectivity index (χ0v) is 22.3. The molecule has 4 rings (SSSR count). The van der Waals surface area contributed by atoms with Gasteiger partial charge in [-0.25, -0.2) is 9.59 Å². The number of carbonyl (C=O) groups is 2. The maximum atomic E-state index is 13.4. The highest BCUT2D eigenvalue weighted by Crippen LogP contribution is 2.46. The number of thiophene rings is 1. The van der Waals surface area contributed by atoms with E-state index in [4.69, 9.17) is 18.9 Å². The first-order valence-corrected chi connectivity index (χ1v) is 13.1. The molecule has 0 aliphatic carbocycles. The van der Waals surface area contributed by atoms with Gasteiger partial charge < -0.3 is 18.9 Å². The Labute approximate surface area is 221 Å². The molecule has 0 bridgehead atoms. The quantitative estimate of drug-likeness (QED) is 0.339. The molecular formula is C28H32N2O6S. The van der Waals surface area contributed by atoms with E-state index >= 15 is 0 Å². The van der Waals surface area contributed by atoms with Crippen LogP contribution < -0.4 is 14.4 Å². The summed E-state index contributed by atoms with van der Waals surface area (Å²) < 4.78 is 22.3. The van der Waals surface area contributed by atoms with Gasteiger partial charge in [-0.2, -0.15) is 0 Å². The molecule has 0 saturated heterocycles. The molecule has 0 fully saturated rings. The fourth-order valence-corrected chi connectivity index (χ4v) is 5.23. The summed E-state index contributed by atoms with van der Waals surface area (Å²) in [7, 11) is 3.11. The number of anilines is 1. The minimum Gasteiger partial charge on any atom is -0.493 e. The van der Waals surface area contributed by atoms with Crippen LogP contribution in [-0.2, 0) is 22.6 Å². The van der Waals surface area contributed by atoms with Crippen LogP contribution in [0, 0.1) is 0 Å². The minimum absolute atomic E-state index is 0.189. The molecule has 2 amide bonds. The summed E-state index contributed by atoms with van der Waals surface area (Å²) >= 11 is 1.53. The average molecular weight is 525 g/mol. The van der Waals surface area contributed by atoms with Gasteiger partial charge in [-0.15, -0.1) is 11.3 Å². The number of ether oxygens (including phenoxy) is 4. The van der Waals surface area contributed by atoms with Crippen LogP contribution >= 0.6 is 11.3 Å². The number of benzene rings is 2. The number of rotatable bonds is 8. The van der Waals surface area contributed by atoms with E-state index in [0.29, 0.717) is 30.2 Å². The van der Waals surface area contributed by atoms with Gasteiger partial charge in [0.15, 0.2) is 11.5 Å². The van der Waals surface area contributed by atoms with Crippen molar-refractivity contribution in [3.8, 4) is 11.5 Å². The zero-order valence-electron chi connectivity index (χ0n) is 21.5. The lowest BCUT2D eigenvalue weighted by atomic mass is 9.90. The summed E-state index contributed by atoms with van der Waals surface area (Å²) in [5, 5.41) is 1.94. The summed E-state index contributed by atoms with van der Waals surface area (Å²) in [4.78, 5) is 30.9. The van der Waals surface area contributed by atoms with E-state index in [1.54, 1.807) is 37.0 Å². The molecule has 1 aliphatic heterocycles. The summed E-state index contributed by atoms with van der Waals surface area (Å²) in [6.07, 6.45) is -0.390. The van der Waals surface area contributed by atoms with Crippen molar-refractivity contribution in [2.75, 3.05) is 25.7 Å². The fraction of sp³-hybridized carbons (Fsp3) is 0.357. The first kappa shape index (κ1) is 26.3. The lowest BCUT2D eigenvalue weighted by Crippen LogP contribution is -2.47. The molecule has 1 aromatic heterocycles. The average Bonchev–Trinajstić information content (AvgIpc) is 3.44. The van der Waals surface area contributed by atoms with Gasteiger partial charge in [-0.3, -0.25) is 9.80 Å². The van der Waals surface area contributed by atoms with Crippen molar-refractivity contribution in [2.24, 2.45) is 0 Å². The third-order valence-electron chi connectivity index (χ3n) is 6.35. The Morgan fingerprint density at radius 1 is 1.03 bits per heavy atom. The Bertz CT molecular complexity index is 1200. The first-order chi connectivity index (χ1) is 18.0. The number of amides is 2. The molecule has 3 aromatic rings. The second kappa shape index (κ2) is 12.0. The topological polar surface area (TPSA) is 77.5 Å². The van der Waals surface area contributed by atoms with Crippen LogP contribution in [-0.4, -0.2) is 44.0 Å². The Hall–Kier alpha value is -3.72. The van der Waals surface area contributed by atoms with Gasteiger partial charge in [0, 0.05) is 29.1 Å². The molecular weight excluding hydrogens is 492 g/mol. The van der Waals surface area contributed by atoms with Gasteiger partial charge in [0.05, 0.1) is 32.6 Å². The smallest absolute Gasteiger partial charge is 0.414 e. The molecule has 0 spiro atoms. The number of nitrogens with zero attached hydrogens (tertiary/aromatic N) is 2. The molecule has 0 unspecified atom stereocenters. The molecule has 2 heterocycles. The normalized spacial score (nSPS) is 16.5. The largest absolute Gasteiger partial charge is 0.493 e. The molecule has 2 atom stereocenters.